The third kappa shape index (κ3) is 6.08. The molecule has 2 aliphatic rings. The summed E-state index contributed by atoms with van der Waals surface area (Å²) >= 11 is 0. The lowest BCUT2D eigenvalue weighted by molar-refractivity contribution is -0.137. The van der Waals surface area contributed by atoms with Crippen molar-refractivity contribution in [1.29, 1.82) is 0 Å². The molecule has 2 rings (SSSR count). The number of likely N-dealkylation sites (tertiary alicyclic amines) is 1. The number of hydrogen-bond donors (Lipinski definition) is 2. The maximum Gasteiger partial charge on any atom is 0.244 e. The number of piperidine rings is 1. The molecule has 5 heteroatoms. The van der Waals surface area contributed by atoms with Gasteiger partial charge in [-0.05, 0) is 57.5 Å². The minimum atomic E-state index is -0.397. The van der Waals surface area contributed by atoms with Crippen molar-refractivity contribution in [3.8, 4) is 0 Å². The van der Waals surface area contributed by atoms with Gasteiger partial charge in [0.15, 0.2) is 0 Å². The first-order valence-corrected chi connectivity index (χ1v) is 9.89. The highest BCUT2D eigenvalue weighted by atomic mass is 16.2. The number of nitrogens with one attached hydrogen (secondary N) is 2. The standard InChI is InChI=1S/C19H35N3O2/c1-3-20-14-17-9-11-22(12-10-17)19(24)15(2)21-18(23)13-16-7-5-4-6-8-16/h15-17,20H,3-14H2,1-2H3,(H,21,23). The van der Waals surface area contributed by atoms with E-state index >= 15 is 0 Å². The summed E-state index contributed by atoms with van der Waals surface area (Å²) in [6.45, 7) is 7.63. The molecule has 1 atom stereocenters. The van der Waals surface area contributed by atoms with Gasteiger partial charge in [0.1, 0.15) is 6.04 Å². The zero-order valence-corrected chi connectivity index (χ0v) is 15.5. The van der Waals surface area contributed by atoms with Crippen LogP contribution >= 0.6 is 0 Å². The van der Waals surface area contributed by atoms with Crippen LogP contribution in [0.1, 0.15) is 65.2 Å². The lowest BCUT2D eigenvalue weighted by atomic mass is 9.87. The molecule has 1 heterocycles. The predicted molar refractivity (Wildman–Crippen MR) is 96.6 cm³/mol. The van der Waals surface area contributed by atoms with Gasteiger partial charge >= 0.3 is 0 Å². The molecule has 138 valence electrons. The van der Waals surface area contributed by atoms with E-state index in [-0.39, 0.29) is 11.8 Å². The number of rotatable bonds is 7. The van der Waals surface area contributed by atoms with E-state index < -0.39 is 6.04 Å². The third-order valence-electron chi connectivity index (χ3n) is 5.56. The normalized spacial score (nSPS) is 21.5. The molecule has 0 aromatic carbocycles. The highest BCUT2D eigenvalue weighted by Crippen LogP contribution is 2.26. The summed E-state index contributed by atoms with van der Waals surface area (Å²) in [5, 5.41) is 6.32. The van der Waals surface area contributed by atoms with E-state index in [1.165, 1.54) is 19.3 Å². The summed E-state index contributed by atoms with van der Waals surface area (Å²) in [7, 11) is 0. The second-order valence-corrected chi connectivity index (χ2v) is 7.57. The van der Waals surface area contributed by atoms with E-state index in [1.807, 2.05) is 11.8 Å². The van der Waals surface area contributed by atoms with Crippen LogP contribution < -0.4 is 10.6 Å². The topological polar surface area (TPSA) is 61.4 Å². The second-order valence-electron chi connectivity index (χ2n) is 7.57. The van der Waals surface area contributed by atoms with Crippen molar-refractivity contribution < 1.29 is 9.59 Å². The maximum atomic E-state index is 12.5. The Kier molecular flexibility index (Phi) is 8.03. The second kappa shape index (κ2) is 10.0. The molecule has 24 heavy (non-hydrogen) atoms. The largest absolute Gasteiger partial charge is 0.345 e. The predicted octanol–water partition coefficient (Wildman–Crippen LogP) is 2.31. The summed E-state index contributed by atoms with van der Waals surface area (Å²) in [6, 6.07) is -0.397. The van der Waals surface area contributed by atoms with Crippen molar-refractivity contribution in [2.45, 2.75) is 71.3 Å². The van der Waals surface area contributed by atoms with Crippen molar-refractivity contribution in [2.75, 3.05) is 26.2 Å². The van der Waals surface area contributed by atoms with Crippen LogP contribution in [0.15, 0.2) is 0 Å². The van der Waals surface area contributed by atoms with Crippen LogP contribution in [0.2, 0.25) is 0 Å². The molecule has 2 amide bonds. The molecule has 2 fully saturated rings. The van der Waals surface area contributed by atoms with Gasteiger partial charge in [0, 0.05) is 19.5 Å². The Morgan fingerprint density at radius 3 is 2.33 bits per heavy atom. The van der Waals surface area contributed by atoms with Gasteiger partial charge in [-0.3, -0.25) is 9.59 Å². The van der Waals surface area contributed by atoms with Crippen molar-refractivity contribution in [2.24, 2.45) is 11.8 Å². The van der Waals surface area contributed by atoms with E-state index in [0.29, 0.717) is 18.3 Å². The SMILES string of the molecule is CCNCC1CCN(C(=O)C(C)NC(=O)CC2CCCCC2)CC1. The monoisotopic (exact) mass is 337 g/mol. The first-order valence-electron chi connectivity index (χ1n) is 9.89. The van der Waals surface area contributed by atoms with Crippen LogP contribution in [0.3, 0.4) is 0 Å². The number of carbonyl (C=O) groups excluding carboxylic acids is 2. The van der Waals surface area contributed by atoms with E-state index in [1.54, 1.807) is 0 Å². The Hall–Kier alpha value is -1.10. The fourth-order valence-corrected chi connectivity index (χ4v) is 4.00. The average Bonchev–Trinajstić information content (AvgIpc) is 2.60. The van der Waals surface area contributed by atoms with Gasteiger partial charge in [0.2, 0.25) is 11.8 Å². The van der Waals surface area contributed by atoms with Crippen molar-refractivity contribution >= 4 is 11.8 Å². The zero-order valence-electron chi connectivity index (χ0n) is 15.5. The Bertz CT molecular complexity index is 399. The number of hydrogen-bond acceptors (Lipinski definition) is 3. The van der Waals surface area contributed by atoms with Crippen LogP contribution in [-0.4, -0.2) is 48.9 Å². The van der Waals surface area contributed by atoms with Crippen LogP contribution in [-0.2, 0) is 9.59 Å². The molecule has 5 nitrogen and oxygen atoms in total. The number of amides is 2. The molecular weight excluding hydrogens is 302 g/mol. The Morgan fingerprint density at radius 2 is 1.71 bits per heavy atom. The highest BCUT2D eigenvalue weighted by molar-refractivity contribution is 5.87. The Morgan fingerprint density at radius 1 is 1.04 bits per heavy atom. The van der Waals surface area contributed by atoms with Gasteiger partial charge in [-0.25, -0.2) is 0 Å². The Balaban J connectivity index is 1.69. The van der Waals surface area contributed by atoms with Crippen LogP contribution in [0.25, 0.3) is 0 Å². The fraction of sp³-hybridized carbons (Fsp3) is 0.895. The summed E-state index contributed by atoms with van der Waals surface area (Å²) < 4.78 is 0. The van der Waals surface area contributed by atoms with E-state index in [9.17, 15) is 9.59 Å². The lowest BCUT2D eigenvalue weighted by Crippen LogP contribution is -2.50. The van der Waals surface area contributed by atoms with Gasteiger partial charge in [0.05, 0.1) is 0 Å². The lowest BCUT2D eigenvalue weighted by Gasteiger charge is -2.34. The summed E-state index contributed by atoms with van der Waals surface area (Å²) in [5.74, 6) is 1.31. The van der Waals surface area contributed by atoms with Gasteiger partial charge < -0.3 is 15.5 Å². The molecule has 1 saturated carbocycles. The first-order chi connectivity index (χ1) is 11.6. The van der Waals surface area contributed by atoms with E-state index in [0.717, 1.165) is 51.9 Å². The quantitative estimate of drug-likeness (QED) is 0.749. The number of nitrogens with zero attached hydrogens (tertiary/aromatic N) is 1. The Labute approximate surface area is 146 Å². The molecule has 2 N–H and O–H groups in total. The van der Waals surface area contributed by atoms with Crippen LogP contribution in [0.5, 0.6) is 0 Å². The minimum Gasteiger partial charge on any atom is -0.345 e. The molecule has 1 unspecified atom stereocenters. The van der Waals surface area contributed by atoms with E-state index in [2.05, 4.69) is 17.6 Å². The van der Waals surface area contributed by atoms with Crippen molar-refractivity contribution in [3.63, 3.8) is 0 Å². The van der Waals surface area contributed by atoms with Crippen molar-refractivity contribution in [1.82, 2.24) is 15.5 Å². The van der Waals surface area contributed by atoms with Gasteiger partial charge in [0.25, 0.3) is 0 Å². The van der Waals surface area contributed by atoms with Gasteiger partial charge in [-0.15, -0.1) is 0 Å². The zero-order chi connectivity index (χ0) is 17.4. The molecule has 0 spiro atoms. The number of carbonyl (C=O) groups is 2. The molecule has 0 radical (unpaired) electrons. The van der Waals surface area contributed by atoms with E-state index in [4.69, 9.17) is 0 Å². The molecule has 0 bridgehead atoms. The molecule has 1 aliphatic heterocycles. The molecular formula is C19H35N3O2. The summed E-state index contributed by atoms with van der Waals surface area (Å²) in [5.41, 5.74) is 0. The highest BCUT2D eigenvalue weighted by Gasteiger charge is 2.27. The molecule has 0 aromatic heterocycles. The fourth-order valence-electron chi connectivity index (χ4n) is 4.00. The van der Waals surface area contributed by atoms with Gasteiger partial charge in [-0.2, -0.15) is 0 Å². The summed E-state index contributed by atoms with van der Waals surface area (Å²) in [6.07, 6.45) is 8.81. The minimum absolute atomic E-state index is 0.0461. The molecule has 1 saturated heterocycles. The van der Waals surface area contributed by atoms with Crippen molar-refractivity contribution in [3.05, 3.63) is 0 Å². The molecule has 1 aliphatic carbocycles. The van der Waals surface area contributed by atoms with Crippen LogP contribution in [0.4, 0.5) is 0 Å². The maximum absolute atomic E-state index is 12.5. The smallest absolute Gasteiger partial charge is 0.244 e. The molecule has 0 aromatic rings. The third-order valence-corrected chi connectivity index (χ3v) is 5.56. The average molecular weight is 338 g/mol. The first kappa shape index (κ1) is 19.2. The van der Waals surface area contributed by atoms with Crippen LogP contribution in [0, 0.1) is 11.8 Å². The van der Waals surface area contributed by atoms with Gasteiger partial charge in [-0.1, -0.05) is 26.2 Å². The summed E-state index contributed by atoms with van der Waals surface area (Å²) in [4.78, 5) is 26.7.